The van der Waals surface area contributed by atoms with Crippen molar-refractivity contribution >= 4 is 17.2 Å². The minimum Gasteiger partial charge on any atom is -0.481 e. The van der Waals surface area contributed by atoms with Gasteiger partial charge in [0, 0.05) is 18.1 Å². The summed E-state index contributed by atoms with van der Waals surface area (Å²) in [6.07, 6.45) is 7.91. The van der Waals surface area contributed by atoms with Crippen molar-refractivity contribution in [2.45, 2.75) is 12.8 Å². The lowest BCUT2D eigenvalue weighted by molar-refractivity contribution is -0.120. The maximum Gasteiger partial charge on any atom is 0.226 e. The van der Waals surface area contributed by atoms with Crippen LogP contribution in [0.25, 0.3) is 10.7 Å². The van der Waals surface area contributed by atoms with E-state index in [4.69, 9.17) is 11.2 Å². The molecule has 2 aromatic heterocycles. The molecular formula is C21H19N3O2S. The Kier molecular flexibility index (Phi) is 6.55. The van der Waals surface area contributed by atoms with Gasteiger partial charge in [-0.2, -0.15) is 0 Å². The van der Waals surface area contributed by atoms with Crippen LogP contribution in [-0.4, -0.2) is 29.0 Å². The van der Waals surface area contributed by atoms with Gasteiger partial charge in [-0.3, -0.25) is 9.78 Å². The van der Waals surface area contributed by atoms with Crippen LogP contribution in [0.1, 0.15) is 11.3 Å². The molecule has 0 fully saturated rings. The van der Waals surface area contributed by atoms with Crippen LogP contribution in [0.3, 0.4) is 0 Å². The predicted molar refractivity (Wildman–Crippen MR) is 107 cm³/mol. The van der Waals surface area contributed by atoms with Crippen LogP contribution in [0.4, 0.5) is 0 Å². The van der Waals surface area contributed by atoms with Crippen LogP contribution >= 0.6 is 11.3 Å². The monoisotopic (exact) mass is 377 g/mol. The molecule has 2 heterocycles. The number of benzene rings is 1. The molecule has 3 rings (SSSR count). The Hall–Kier alpha value is -3.17. The maximum absolute atomic E-state index is 12.1. The van der Waals surface area contributed by atoms with Crippen molar-refractivity contribution in [1.29, 1.82) is 0 Å². The molecule has 0 saturated heterocycles. The number of carbonyl (C=O) groups is 1. The lowest BCUT2D eigenvalue weighted by Gasteiger charge is -2.06. The Morgan fingerprint density at radius 1 is 1.22 bits per heavy atom. The second kappa shape index (κ2) is 9.51. The van der Waals surface area contributed by atoms with Crippen molar-refractivity contribution in [1.82, 2.24) is 15.3 Å². The number of thiazole rings is 1. The van der Waals surface area contributed by atoms with Gasteiger partial charge in [0.2, 0.25) is 5.91 Å². The molecule has 0 aliphatic heterocycles. The Bertz CT molecular complexity index is 915. The van der Waals surface area contributed by atoms with E-state index in [1.807, 2.05) is 47.8 Å². The molecule has 3 aromatic rings. The van der Waals surface area contributed by atoms with Gasteiger partial charge < -0.3 is 10.1 Å². The fourth-order valence-electron chi connectivity index (χ4n) is 2.45. The van der Waals surface area contributed by atoms with E-state index in [9.17, 15) is 4.79 Å². The lowest BCUT2D eigenvalue weighted by atomic mass is 10.1. The fourth-order valence-corrected chi connectivity index (χ4v) is 3.24. The molecule has 0 aliphatic carbocycles. The van der Waals surface area contributed by atoms with Crippen LogP contribution in [0, 0.1) is 12.3 Å². The number of pyridine rings is 1. The third kappa shape index (κ3) is 5.66. The Balaban J connectivity index is 1.44. The summed E-state index contributed by atoms with van der Waals surface area (Å²) in [7, 11) is 0. The highest BCUT2D eigenvalue weighted by molar-refractivity contribution is 7.13. The molecule has 0 aliphatic rings. The molecule has 0 atom stereocenters. The predicted octanol–water partition coefficient (Wildman–Crippen LogP) is 3.12. The van der Waals surface area contributed by atoms with Gasteiger partial charge >= 0.3 is 0 Å². The first-order chi connectivity index (χ1) is 13.2. The van der Waals surface area contributed by atoms with E-state index in [0.29, 0.717) is 6.54 Å². The number of hydrogen-bond acceptors (Lipinski definition) is 5. The van der Waals surface area contributed by atoms with Gasteiger partial charge in [-0.25, -0.2) is 4.98 Å². The molecule has 0 unspecified atom stereocenters. The minimum absolute atomic E-state index is 0.0400. The first-order valence-electron chi connectivity index (χ1n) is 8.52. The molecule has 27 heavy (non-hydrogen) atoms. The molecule has 0 saturated carbocycles. The Morgan fingerprint density at radius 2 is 2.07 bits per heavy atom. The van der Waals surface area contributed by atoms with Crippen molar-refractivity contribution in [2.24, 2.45) is 0 Å². The van der Waals surface area contributed by atoms with E-state index in [0.717, 1.165) is 34.1 Å². The highest BCUT2D eigenvalue weighted by Crippen LogP contribution is 2.21. The third-order valence-corrected chi connectivity index (χ3v) is 4.67. The molecule has 0 radical (unpaired) electrons. The van der Waals surface area contributed by atoms with E-state index in [1.54, 1.807) is 6.20 Å². The molecule has 1 amide bonds. The molecule has 1 N–H and O–H groups in total. The van der Waals surface area contributed by atoms with Crippen molar-refractivity contribution in [3.63, 3.8) is 0 Å². The second-order valence-corrected chi connectivity index (χ2v) is 6.63. The maximum atomic E-state index is 12.1. The molecule has 1 aromatic carbocycles. The highest BCUT2D eigenvalue weighted by atomic mass is 32.1. The quantitative estimate of drug-likeness (QED) is 0.613. The van der Waals surface area contributed by atoms with E-state index >= 15 is 0 Å². The van der Waals surface area contributed by atoms with Crippen molar-refractivity contribution in [2.75, 3.05) is 13.2 Å². The molecule has 0 spiro atoms. The molecule has 5 nitrogen and oxygen atoms in total. The van der Waals surface area contributed by atoms with E-state index in [-0.39, 0.29) is 18.9 Å². The topological polar surface area (TPSA) is 64.1 Å². The number of amides is 1. The number of ether oxygens (including phenoxy) is 1. The van der Waals surface area contributed by atoms with Gasteiger partial charge in [0.05, 0.1) is 17.8 Å². The number of aromatic nitrogens is 2. The smallest absolute Gasteiger partial charge is 0.226 e. The van der Waals surface area contributed by atoms with Gasteiger partial charge in [-0.1, -0.05) is 24.1 Å². The first-order valence-corrected chi connectivity index (χ1v) is 9.40. The summed E-state index contributed by atoms with van der Waals surface area (Å²) in [4.78, 5) is 20.9. The summed E-state index contributed by atoms with van der Waals surface area (Å²) in [5, 5.41) is 5.66. The lowest BCUT2D eigenvalue weighted by Crippen LogP contribution is -2.27. The van der Waals surface area contributed by atoms with Crippen LogP contribution in [0.2, 0.25) is 0 Å². The van der Waals surface area contributed by atoms with Crippen LogP contribution in [-0.2, 0) is 17.6 Å². The average molecular weight is 377 g/mol. The van der Waals surface area contributed by atoms with Crippen molar-refractivity contribution in [3.8, 4) is 28.8 Å². The summed E-state index contributed by atoms with van der Waals surface area (Å²) in [5.74, 6) is 3.13. The Morgan fingerprint density at radius 3 is 2.81 bits per heavy atom. The minimum atomic E-state index is -0.0400. The van der Waals surface area contributed by atoms with Gasteiger partial charge in [-0.05, 0) is 36.2 Å². The van der Waals surface area contributed by atoms with Crippen LogP contribution < -0.4 is 10.1 Å². The third-order valence-electron chi connectivity index (χ3n) is 3.76. The van der Waals surface area contributed by atoms with E-state index in [1.165, 1.54) is 11.3 Å². The molecule has 136 valence electrons. The largest absolute Gasteiger partial charge is 0.481 e. The Labute approximate surface area is 162 Å². The summed E-state index contributed by atoms with van der Waals surface area (Å²) in [6, 6.07) is 13.4. The standard InChI is InChI=1S/C21H19N3O2S/c1-2-13-26-18-8-6-16(7-9-18)10-12-23-20(25)14-17-15-27-21(24-17)19-5-3-4-11-22-19/h1,3-9,11,15H,10,12-14H2,(H,23,25). The highest BCUT2D eigenvalue weighted by Gasteiger charge is 2.09. The number of carbonyl (C=O) groups excluding carboxylic acids is 1. The molecule has 6 heteroatoms. The van der Waals surface area contributed by atoms with Gasteiger partial charge in [0.15, 0.2) is 0 Å². The SMILES string of the molecule is C#CCOc1ccc(CCNC(=O)Cc2csc(-c3ccccn3)n2)cc1. The second-order valence-electron chi connectivity index (χ2n) is 5.77. The average Bonchev–Trinajstić information content (AvgIpc) is 3.16. The molecular weight excluding hydrogens is 358 g/mol. The fraction of sp³-hybridized carbons (Fsp3) is 0.190. The van der Waals surface area contributed by atoms with E-state index < -0.39 is 0 Å². The van der Waals surface area contributed by atoms with Crippen LogP contribution in [0.5, 0.6) is 5.75 Å². The normalized spacial score (nSPS) is 10.2. The van der Waals surface area contributed by atoms with Crippen molar-refractivity contribution in [3.05, 3.63) is 65.3 Å². The number of nitrogens with zero attached hydrogens (tertiary/aromatic N) is 2. The summed E-state index contributed by atoms with van der Waals surface area (Å²) >= 11 is 1.49. The molecule has 0 bridgehead atoms. The van der Waals surface area contributed by atoms with Gasteiger partial charge in [-0.15, -0.1) is 17.8 Å². The zero-order valence-corrected chi connectivity index (χ0v) is 15.5. The van der Waals surface area contributed by atoms with Gasteiger partial charge in [0.1, 0.15) is 17.4 Å². The number of hydrogen-bond donors (Lipinski definition) is 1. The van der Waals surface area contributed by atoms with Gasteiger partial charge in [0.25, 0.3) is 0 Å². The zero-order chi connectivity index (χ0) is 18.9. The van der Waals surface area contributed by atoms with E-state index in [2.05, 4.69) is 21.2 Å². The summed E-state index contributed by atoms with van der Waals surface area (Å²) in [6.45, 7) is 0.828. The first kappa shape index (κ1) is 18.6. The summed E-state index contributed by atoms with van der Waals surface area (Å²) < 4.78 is 5.34. The number of nitrogens with one attached hydrogen (secondary N) is 1. The zero-order valence-electron chi connectivity index (χ0n) is 14.7. The van der Waals surface area contributed by atoms with Crippen molar-refractivity contribution < 1.29 is 9.53 Å². The number of rotatable bonds is 8. The number of terminal acetylenes is 1. The van der Waals surface area contributed by atoms with Crippen LogP contribution in [0.15, 0.2) is 54.0 Å². The summed E-state index contributed by atoms with van der Waals surface area (Å²) in [5.41, 5.74) is 2.70.